The maximum atomic E-state index is 12.7. The summed E-state index contributed by atoms with van der Waals surface area (Å²) in [5.41, 5.74) is 0.692. The number of nitrogens with one attached hydrogen (secondary N) is 1. The summed E-state index contributed by atoms with van der Waals surface area (Å²) in [6.07, 6.45) is 0.238. The molecular weight excluding hydrogens is 443 g/mol. The summed E-state index contributed by atoms with van der Waals surface area (Å²) in [5.74, 6) is 0.675. The fourth-order valence-electron chi connectivity index (χ4n) is 4.25. The standard InChI is InChI=1S/C22H26F3N3O5/c23-22(24,25)32-10-9-31-16-12-26-28(13-16)15-7-5-14(6-8-15)27-21(30)20-11-18(29)17-3-1-2-4-19(17)33-20/h1-4,12-15,18,20,29H,5-11H2,(H,27,30)/t14?,15?,18-,20-/m1/s1. The van der Waals surface area contributed by atoms with Gasteiger partial charge in [0, 0.05) is 18.0 Å². The molecule has 4 rings (SSSR count). The van der Waals surface area contributed by atoms with Gasteiger partial charge in [-0.1, -0.05) is 18.2 Å². The number of ether oxygens (including phenoxy) is 3. The molecule has 1 amide bonds. The monoisotopic (exact) mass is 469 g/mol. The lowest BCUT2D eigenvalue weighted by Gasteiger charge is -2.32. The second-order valence-corrected chi connectivity index (χ2v) is 8.21. The normalized spacial score (nSPS) is 25.1. The number of aliphatic hydroxyl groups excluding tert-OH is 1. The Morgan fingerprint density at radius 3 is 2.73 bits per heavy atom. The number of halogens is 3. The summed E-state index contributed by atoms with van der Waals surface area (Å²) >= 11 is 0. The lowest BCUT2D eigenvalue weighted by Crippen LogP contribution is -2.46. The van der Waals surface area contributed by atoms with E-state index in [4.69, 9.17) is 9.47 Å². The maximum Gasteiger partial charge on any atom is 0.522 e. The number of nitrogens with zero attached hydrogens (tertiary/aromatic N) is 2. The summed E-state index contributed by atoms with van der Waals surface area (Å²) in [6, 6.07) is 7.27. The third-order valence-corrected chi connectivity index (χ3v) is 5.89. The predicted octanol–water partition coefficient (Wildman–Crippen LogP) is 3.28. The van der Waals surface area contributed by atoms with Gasteiger partial charge in [-0.15, -0.1) is 13.2 Å². The zero-order chi connectivity index (χ0) is 23.4. The van der Waals surface area contributed by atoms with Gasteiger partial charge in [0.05, 0.1) is 31.1 Å². The van der Waals surface area contributed by atoms with E-state index in [1.807, 2.05) is 6.07 Å². The molecule has 33 heavy (non-hydrogen) atoms. The van der Waals surface area contributed by atoms with Gasteiger partial charge in [-0.05, 0) is 31.7 Å². The topological polar surface area (TPSA) is 94.8 Å². The van der Waals surface area contributed by atoms with Crippen molar-refractivity contribution in [1.82, 2.24) is 15.1 Å². The van der Waals surface area contributed by atoms with Crippen LogP contribution >= 0.6 is 0 Å². The Morgan fingerprint density at radius 1 is 1.21 bits per heavy atom. The van der Waals surface area contributed by atoms with E-state index < -0.39 is 25.2 Å². The molecule has 2 aromatic rings. The van der Waals surface area contributed by atoms with Gasteiger partial charge >= 0.3 is 6.36 Å². The van der Waals surface area contributed by atoms with Crippen molar-refractivity contribution in [2.75, 3.05) is 13.2 Å². The molecule has 1 fully saturated rings. The van der Waals surface area contributed by atoms with E-state index in [2.05, 4.69) is 15.2 Å². The first-order chi connectivity index (χ1) is 15.8. The Kier molecular flexibility index (Phi) is 7.08. The smallest absolute Gasteiger partial charge is 0.488 e. The highest BCUT2D eigenvalue weighted by Crippen LogP contribution is 2.35. The fourth-order valence-corrected chi connectivity index (χ4v) is 4.25. The van der Waals surface area contributed by atoms with Crippen LogP contribution in [-0.4, -0.2) is 52.5 Å². The number of hydrogen-bond acceptors (Lipinski definition) is 6. The predicted molar refractivity (Wildman–Crippen MR) is 110 cm³/mol. The van der Waals surface area contributed by atoms with Crippen LogP contribution in [0.25, 0.3) is 0 Å². The molecule has 0 unspecified atom stereocenters. The molecule has 8 nitrogen and oxygen atoms in total. The van der Waals surface area contributed by atoms with Crippen molar-refractivity contribution in [2.45, 2.75) is 62.8 Å². The van der Waals surface area contributed by atoms with E-state index in [9.17, 15) is 23.1 Å². The number of carbonyl (C=O) groups is 1. The summed E-state index contributed by atoms with van der Waals surface area (Å²) in [4.78, 5) is 12.7. The largest absolute Gasteiger partial charge is 0.522 e. The minimum atomic E-state index is -4.67. The van der Waals surface area contributed by atoms with Gasteiger partial charge < -0.3 is 19.9 Å². The average molecular weight is 469 g/mol. The van der Waals surface area contributed by atoms with Gasteiger partial charge in [0.15, 0.2) is 11.9 Å². The lowest BCUT2D eigenvalue weighted by molar-refractivity contribution is -0.325. The number of alkyl halides is 3. The molecule has 2 heterocycles. The quantitative estimate of drug-likeness (QED) is 0.605. The van der Waals surface area contributed by atoms with Crippen molar-refractivity contribution >= 4 is 5.91 Å². The molecule has 2 atom stereocenters. The Bertz CT molecular complexity index is 943. The number of aromatic nitrogens is 2. The summed E-state index contributed by atoms with van der Waals surface area (Å²) < 4.78 is 52.4. The molecule has 0 spiro atoms. The van der Waals surface area contributed by atoms with Crippen LogP contribution in [0.5, 0.6) is 11.5 Å². The van der Waals surface area contributed by atoms with E-state index in [1.54, 1.807) is 29.1 Å². The van der Waals surface area contributed by atoms with Gasteiger partial charge in [0.25, 0.3) is 5.91 Å². The summed E-state index contributed by atoms with van der Waals surface area (Å²) in [5, 5.41) is 17.6. The van der Waals surface area contributed by atoms with E-state index >= 15 is 0 Å². The Hall–Kier alpha value is -2.79. The minimum absolute atomic E-state index is 0.00235. The third-order valence-electron chi connectivity index (χ3n) is 5.89. The molecule has 0 bridgehead atoms. The maximum absolute atomic E-state index is 12.7. The number of rotatable bonds is 7. The molecule has 1 saturated carbocycles. The average Bonchev–Trinajstić information content (AvgIpc) is 3.25. The third kappa shape index (κ3) is 6.17. The van der Waals surface area contributed by atoms with Gasteiger partial charge in [-0.3, -0.25) is 14.2 Å². The van der Waals surface area contributed by atoms with Crippen molar-refractivity contribution in [2.24, 2.45) is 0 Å². The number of aliphatic hydroxyl groups is 1. The highest BCUT2D eigenvalue weighted by Gasteiger charge is 2.33. The summed E-state index contributed by atoms with van der Waals surface area (Å²) in [7, 11) is 0. The zero-order valence-corrected chi connectivity index (χ0v) is 17.8. The molecule has 2 N–H and O–H groups in total. The second kappa shape index (κ2) is 10.0. The van der Waals surface area contributed by atoms with Crippen LogP contribution in [0.3, 0.4) is 0 Å². The number of carbonyl (C=O) groups excluding carboxylic acids is 1. The molecule has 0 radical (unpaired) electrons. The lowest BCUT2D eigenvalue weighted by atomic mass is 9.91. The molecular formula is C22H26F3N3O5. The molecule has 1 aromatic heterocycles. The van der Waals surface area contributed by atoms with Gasteiger partial charge in [-0.2, -0.15) is 5.10 Å². The molecule has 11 heteroatoms. The van der Waals surface area contributed by atoms with Crippen molar-refractivity contribution in [3.63, 3.8) is 0 Å². The molecule has 1 aliphatic heterocycles. The van der Waals surface area contributed by atoms with Crippen LogP contribution < -0.4 is 14.8 Å². The highest BCUT2D eigenvalue weighted by atomic mass is 19.4. The van der Waals surface area contributed by atoms with E-state index in [1.165, 1.54) is 6.20 Å². The highest BCUT2D eigenvalue weighted by molar-refractivity contribution is 5.82. The van der Waals surface area contributed by atoms with Crippen LogP contribution in [0, 0.1) is 0 Å². The molecule has 180 valence electrons. The van der Waals surface area contributed by atoms with E-state index in [-0.39, 0.29) is 31.0 Å². The van der Waals surface area contributed by atoms with Crippen molar-refractivity contribution in [1.29, 1.82) is 0 Å². The number of benzene rings is 1. The van der Waals surface area contributed by atoms with Gasteiger partial charge in [0.2, 0.25) is 0 Å². The number of hydrogen-bond donors (Lipinski definition) is 2. The number of fused-ring (bicyclic) bond motifs is 1. The zero-order valence-electron chi connectivity index (χ0n) is 17.8. The molecule has 1 aromatic carbocycles. The van der Waals surface area contributed by atoms with Crippen molar-refractivity contribution < 1.29 is 37.3 Å². The van der Waals surface area contributed by atoms with Crippen molar-refractivity contribution in [3.8, 4) is 11.5 Å². The second-order valence-electron chi connectivity index (χ2n) is 8.21. The van der Waals surface area contributed by atoms with Crippen LogP contribution in [0.2, 0.25) is 0 Å². The van der Waals surface area contributed by atoms with Crippen LogP contribution in [0.1, 0.15) is 49.8 Å². The number of para-hydroxylation sites is 1. The SMILES string of the molecule is O=C(NC1CCC(n2cc(OCCOC(F)(F)F)cn2)CC1)[C@H]1C[C@@H](O)c2ccccc2O1. The van der Waals surface area contributed by atoms with Gasteiger partial charge in [0.1, 0.15) is 12.4 Å². The summed E-state index contributed by atoms with van der Waals surface area (Å²) in [6.45, 7) is -0.820. The Labute approximate surface area is 188 Å². The first-order valence-electron chi connectivity index (χ1n) is 10.9. The first-order valence-corrected chi connectivity index (χ1v) is 10.9. The molecule has 1 aliphatic carbocycles. The first kappa shape index (κ1) is 23.4. The van der Waals surface area contributed by atoms with Crippen LogP contribution in [-0.2, 0) is 9.53 Å². The van der Waals surface area contributed by atoms with E-state index in [0.717, 1.165) is 25.7 Å². The number of amides is 1. The molecule has 2 aliphatic rings. The Morgan fingerprint density at radius 2 is 1.97 bits per heavy atom. The van der Waals surface area contributed by atoms with E-state index in [0.29, 0.717) is 17.1 Å². The van der Waals surface area contributed by atoms with Crippen LogP contribution in [0.4, 0.5) is 13.2 Å². The Balaban J connectivity index is 1.21. The van der Waals surface area contributed by atoms with Crippen molar-refractivity contribution in [3.05, 3.63) is 42.2 Å². The van der Waals surface area contributed by atoms with Gasteiger partial charge in [-0.25, -0.2) is 0 Å². The fraction of sp³-hybridized carbons (Fsp3) is 0.545. The minimum Gasteiger partial charge on any atom is -0.488 e. The van der Waals surface area contributed by atoms with Crippen LogP contribution in [0.15, 0.2) is 36.7 Å². The molecule has 0 saturated heterocycles.